The first-order valence-electron chi connectivity index (χ1n) is 7.49. The molecule has 2 heterocycles. The molecule has 5 heteroatoms. The minimum atomic E-state index is -0.144. The number of nitrogens with zero attached hydrogens (tertiary/aromatic N) is 2. The number of carbonyl (C=O) groups excluding carboxylic acids is 1. The predicted molar refractivity (Wildman–Crippen MR) is 93.7 cm³/mol. The molecule has 0 aromatic heterocycles. The Bertz CT molecular complexity index is 664. The van der Waals surface area contributed by atoms with Crippen LogP contribution in [0.4, 0.5) is 5.69 Å². The number of rotatable bonds is 3. The number of nitrogens with one attached hydrogen (secondary N) is 1. The minimum Gasteiger partial charge on any atom is -0.363 e. The van der Waals surface area contributed by atoms with Gasteiger partial charge in [0.2, 0.25) is 0 Å². The fourth-order valence-electron chi connectivity index (χ4n) is 3.07. The SMILES string of the molecule is CN1/C(=C/C(=O)CSC2=NCCN2)C(C)(C)c2ccccc21. The fourth-order valence-corrected chi connectivity index (χ4v) is 3.81. The summed E-state index contributed by atoms with van der Waals surface area (Å²) in [6.07, 6.45) is 1.79. The third-order valence-electron chi connectivity index (χ3n) is 4.23. The molecule has 0 spiro atoms. The first-order valence-corrected chi connectivity index (χ1v) is 8.48. The van der Waals surface area contributed by atoms with Crippen LogP contribution in [0.25, 0.3) is 0 Å². The number of amidine groups is 1. The van der Waals surface area contributed by atoms with Crippen molar-refractivity contribution >= 4 is 28.4 Å². The Kier molecular flexibility index (Phi) is 4.00. The summed E-state index contributed by atoms with van der Waals surface area (Å²) in [6, 6.07) is 8.34. The lowest BCUT2D eigenvalue weighted by atomic mass is 9.83. The average Bonchev–Trinajstić information content (AvgIpc) is 3.08. The lowest BCUT2D eigenvalue weighted by molar-refractivity contribution is -0.112. The Balaban J connectivity index is 1.77. The third-order valence-corrected chi connectivity index (χ3v) is 5.21. The van der Waals surface area contributed by atoms with Gasteiger partial charge in [0.05, 0.1) is 12.3 Å². The molecule has 0 aliphatic carbocycles. The maximum atomic E-state index is 12.3. The van der Waals surface area contributed by atoms with Gasteiger partial charge in [-0.1, -0.05) is 43.8 Å². The summed E-state index contributed by atoms with van der Waals surface area (Å²) in [4.78, 5) is 18.8. The van der Waals surface area contributed by atoms with Crippen molar-refractivity contribution in [2.24, 2.45) is 4.99 Å². The van der Waals surface area contributed by atoms with E-state index in [1.54, 1.807) is 6.08 Å². The van der Waals surface area contributed by atoms with Crippen LogP contribution in [0.5, 0.6) is 0 Å². The van der Waals surface area contributed by atoms with Gasteiger partial charge < -0.3 is 10.2 Å². The molecule has 1 aromatic carbocycles. The molecule has 0 fully saturated rings. The van der Waals surface area contributed by atoms with Gasteiger partial charge in [0.15, 0.2) is 11.0 Å². The van der Waals surface area contributed by atoms with E-state index in [-0.39, 0.29) is 11.2 Å². The molecular weight excluding hydrogens is 294 g/mol. The summed E-state index contributed by atoms with van der Waals surface area (Å²) in [5, 5.41) is 4.06. The van der Waals surface area contributed by atoms with Gasteiger partial charge in [-0.15, -0.1) is 0 Å². The second kappa shape index (κ2) is 5.80. The minimum absolute atomic E-state index is 0.129. The van der Waals surface area contributed by atoms with Gasteiger partial charge in [-0.3, -0.25) is 9.79 Å². The smallest absolute Gasteiger partial charge is 0.167 e. The molecule has 1 N–H and O–H groups in total. The molecular formula is C17H21N3OS. The number of fused-ring (bicyclic) bond motifs is 1. The number of likely N-dealkylation sites (N-methyl/N-ethyl adjacent to an activating group) is 1. The first kappa shape index (κ1) is 15.2. The second-order valence-electron chi connectivity index (χ2n) is 6.10. The summed E-state index contributed by atoms with van der Waals surface area (Å²) in [5.41, 5.74) is 3.36. The molecule has 116 valence electrons. The number of thioether (sulfide) groups is 1. The van der Waals surface area contributed by atoms with Gasteiger partial charge in [0.1, 0.15) is 0 Å². The highest BCUT2D eigenvalue weighted by atomic mass is 32.2. The van der Waals surface area contributed by atoms with E-state index in [0.29, 0.717) is 5.75 Å². The Morgan fingerprint density at radius 1 is 1.45 bits per heavy atom. The van der Waals surface area contributed by atoms with Crippen molar-refractivity contribution in [3.63, 3.8) is 0 Å². The number of allylic oxidation sites excluding steroid dienone is 2. The van der Waals surface area contributed by atoms with E-state index in [4.69, 9.17) is 0 Å². The number of carbonyl (C=O) groups is 1. The topological polar surface area (TPSA) is 44.7 Å². The molecule has 0 unspecified atom stereocenters. The summed E-state index contributed by atoms with van der Waals surface area (Å²) in [7, 11) is 2.03. The molecule has 0 bridgehead atoms. The van der Waals surface area contributed by atoms with E-state index in [9.17, 15) is 4.79 Å². The van der Waals surface area contributed by atoms with Crippen LogP contribution in [0.1, 0.15) is 19.4 Å². The molecule has 0 saturated carbocycles. The standard InChI is InChI=1S/C17H21N3OS/c1-17(2)13-6-4-5-7-14(13)20(3)15(17)10-12(21)11-22-16-18-8-9-19-16/h4-7,10H,8-9,11H2,1-3H3,(H,18,19)/b15-10+. The van der Waals surface area contributed by atoms with E-state index in [0.717, 1.165) is 24.0 Å². The van der Waals surface area contributed by atoms with Gasteiger partial charge in [-0.25, -0.2) is 0 Å². The van der Waals surface area contributed by atoms with Crippen molar-refractivity contribution in [1.82, 2.24) is 5.32 Å². The van der Waals surface area contributed by atoms with Crippen molar-refractivity contribution in [3.05, 3.63) is 41.6 Å². The number of aliphatic imine (C=N–C) groups is 1. The van der Waals surface area contributed by atoms with Crippen LogP contribution in [0.15, 0.2) is 41.0 Å². The van der Waals surface area contributed by atoms with Crippen LogP contribution in [-0.4, -0.2) is 36.8 Å². The number of anilines is 1. The van der Waals surface area contributed by atoms with Crippen LogP contribution in [0.3, 0.4) is 0 Å². The Hall–Kier alpha value is -1.75. The van der Waals surface area contributed by atoms with Crippen LogP contribution < -0.4 is 10.2 Å². The third kappa shape index (κ3) is 2.65. The quantitative estimate of drug-likeness (QED) is 0.871. The monoisotopic (exact) mass is 315 g/mol. The largest absolute Gasteiger partial charge is 0.363 e. The highest BCUT2D eigenvalue weighted by molar-refractivity contribution is 8.14. The van der Waals surface area contributed by atoms with Gasteiger partial charge in [0, 0.05) is 36.5 Å². The second-order valence-corrected chi connectivity index (χ2v) is 7.06. The van der Waals surface area contributed by atoms with Crippen LogP contribution >= 0.6 is 11.8 Å². The van der Waals surface area contributed by atoms with Gasteiger partial charge in [-0.2, -0.15) is 0 Å². The van der Waals surface area contributed by atoms with Crippen molar-refractivity contribution in [2.75, 3.05) is 30.8 Å². The lowest BCUT2D eigenvalue weighted by Gasteiger charge is -2.23. The molecule has 0 radical (unpaired) electrons. The Morgan fingerprint density at radius 3 is 2.91 bits per heavy atom. The molecule has 3 rings (SSSR count). The van der Waals surface area contributed by atoms with Crippen molar-refractivity contribution in [1.29, 1.82) is 0 Å². The van der Waals surface area contributed by atoms with E-state index in [1.807, 2.05) is 13.1 Å². The molecule has 4 nitrogen and oxygen atoms in total. The van der Waals surface area contributed by atoms with Crippen molar-refractivity contribution in [2.45, 2.75) is 19.3 Å². The summed E-state index contributed by atoms with van der Waals surface area (Å²) in [5.74, 6) is 0.555. The molecule has 2 aliphatic heterocycles. The number of hydrogen-bond acceptors (Lipinski definition) is 5. The number of hydrogen-bond donors (Lipinski definition) is 1. The molecule has 1 aromatic rings. The molecule has 0 atom stereocenters. The number of para-hydroxylation sites is 1. The number of ketones is 1. The normalized spacial score (nSPS) is 20.8. The van der Waals surface area contributed by atoms with Gasteiger partial charge in [-0.05, 0) is 11.6 Å². The summed E-state index contributed by atoms with van der Waals surface area (Å²) in [6.45, 7) is 6.03. The predicted octanol–water partition coefficient (Wildman–Crippen LogP) is 2.56. The van der Waals surface area contributed by atoms with Crippen LogP contribution in [0.2, 0.25) is 0 Å². The van der Waals surface area contributed by atoms with E-state index >= 15 is 0 Å². The van der Waals surface area contributed by atoms with Crippen LogP contribution in [-0.2, 0) is 10.2 Å². The number of benzene rings is 1. The summed E-state index contributed by atoms with van der Waals surface area (Å²) >= 11 is 1.49. The zero-order chi connectivity index (χ0) is 15.7. The molecule has 0 amide bonds. The van der Waals surface area contributed by atoms with E-state index < -0.39 is 0 Å². The summed E-state index contributed by atoms with van der Waals surface area (Å²) < 4.78 is 0. The zero-order valence-electron chi connectivity index (χ0n) is 13.2. The van der Waals surface area contributed by atoms with E-state index in [1.165, 1.54) is 23.0 Å². The maximum Gasteiger partial charge on any atom is 0.167 e. The molecule has 2 aliphatic rings. The van der Waals surface area contributed by atoms with Crippen LogP contribution in [0, 0.1) is 0 Å². The fraction of sp³-hybridized carbons (Fsp3) is 0.412. The highest BCUT2D eigenvalue weighted by Gasteiger charge is 2.38. The van der Waals surface area contributed by atoms with Crippen molar-refractivity contribution < 1.29 is 4.79 Å². The van der Waals surface area contributed by atoms with Gasteiger partial charge in [0.25, 0.3) is 0 Å². The van der Waals surface area contributed by atoms with E-state index in [2.05, 4.69) is 47.3 Å². The highest BCUT2D eigenvalue weighted by Crippen LogP contribution is 2.46. The molecule has 22 heavy (non-hydrogen) atoms. The first-order chi connectivity index (χ1) is 10.5. The lowest BCUT2D eigenvalue weighted by Crippen LogP contribution is -2.24. The van der Waals surface area contributed by atoms with Gasteiger partial charge >= 0.3 is 0 Å². The Morgan fingerprint density at radius 2 is 2.23 bits per heavy atom. The molecule has 0 saturated heterocycles. The maximum absolute atomic E-state index is 12.3. The Labute approximate surface area is 135 Å². The average molecular weight is 315 g/mol. The van der Waals surface area contributed by atoms with Crippen molar-refractivity contribution in [3.8, 4) is 0 Å². The zero-order valence-corrected chi connectivity index (χ0v) is 14.0.